The van der Waals surface area contributed by atoms with Crippen molar-refractivity contribution in [1.29, 1.82) is 0 Å². The van der Waals surface area contributed by atoms with E-state index >= 15 is 0 Å². The molecule has 0 spiro atoms. The first-order valence-corrected chi connectivity index (χ1v) is 12.0. The molecule has 0 radical (unpaired) electrons. The van der Waals surface area contributed by atoms with E-state index in [1.807, 2.05) is 74.5 Å². The Morgan fingerprint density at radius 3 is 1.89 bits per heavy atom. The zero-order chi connectivity index (χ0) is 26.5. The van der Waals surface area contributed by atoms with Crippen LogP contribution in [0.2, 0.25) is 0 Å². The Labute approximate surface area is 212 Å². The van der Waals surface area contributed by atoms with Gasteiger partial charge in [0, 0.05) is 12.6 Å². The van der Waals surface area contributed by atoms with Crippen molar-refractivity contribution in [3.05, 3.63) is 77.9 Å². The van der Waals surface area contributed by atoms with Gasteiger partial charge < -0.3 is 27.8 Å². The van der Waals surface area contributed by atoms with E-state index in [9.17, 15) is 14.4 Å². The molecule has 8 N–H and O–H groups in total. The predicted molar refractivity (Wildman–Crippen MR) is 142 cm³/mol. The van der Waals surface area contributed by atoms with Gasteiger partial charge in [-0.25, -0.2) is 0 Å². The van der Waals surface area contributed by atoms with Crippen LogP contribution in [-0.4, -0.2) is 42.3 Å². The van der Waals surface area contributed by atoms with Gasteiger partial charge in [-0.15, -0.1) is 0 Å². The zero-order valence-corrected chi connectivity index (χ0v) is 20.8. The van der Waals surface area contributed by atoms with Crippen LogP contribution in [0.4, 0.5) is 0 Å². The summed E-state index contributed by atoms with van der Waals surface area (Å²) in [5, 5.41) is 5.47. The SMILES string of the molecule is CC(C)C[C@H](NC(=O)[C@@H](CCCN=C(N)N)NC(=O)C=C(c1ccccc1)c1ccccc1)C(N)=O. The Morgan fingerprint density at radius 1 is 0.861 bits per heavy atom. The van der Waals surface area contributed by atoms with Crippen LogP contribution in [0.3, 0.4) is 0 Å². The lowest BCUT2D eigenvalue weighted by atomic mass is 9.97. The molecule has 0 aliphatic rings. The zero-order valence-electron chi connectivity index (χ0n) is 20.8. The van der Waals surface area contributed by atoms with Crippen LogP contribution in [0.1, 0.15) is 44.2 Å². The van der Waals surface area contributed by atoms with Gasteiger partial charge in [-0.05, 0) is 41.9 Å². The van der Waals surface area contributed by atoms with Gasteiger partial charge in [0.1, 0.15) is 12.1 Å². The van der Waals surface area contributed by atoms with Crippen molar-refractivity contribution in [2.45, 2.75) is 45.2 Å². The number of rotatable bonds is 13. The highest BCUT2D eigenvalue weighted by Crippen LogP contribution is 2.23. The number of carbonyl (C=O) groups excluding carboxylic acids is 3. The second kappa shape index (κ2) is 14.3. The Morgan fingerprint density at radius 2 is 1.42 bits per heavy atom. The van der Waals surface area contributed by atoms with Gasteiger partial charge in [0.05, 0.1) is 0 Å². The van der Waals surface area contributed by atoms with Crippen LogP contribution in [0.25, 0.3) is 5.57 Å². The lowest BCUT2D eigenvalue weighted by Crippen LogP contribution is -2.53. The molecule has 2 aromatic rings. The van der Waals surface area contributed by atoms with E-state index in [4.69, 9.17) is 17.2 Å². The fourth-order valence-corrected chi connectivity index (χ4v) is 3.68. The normalized spacial score (nSPS) is 12.2. The number of nitrogens with two attached hydrogens (primary N) is 3. The van der Waals surface area contributed by atoms with Crippen molar-refractivity contribution in [1.82, 2.24) is 10.6 Å². The number of hydrogen-bond acceptors (Lipinski definition) is 4. The molecule has 9 heteroatoms. The molecule has 0 bridgehead atoms. The quantitative estimate of drug-likeness (QED) is 0.124. The van der Waals surface area contributed by atoms with Gasteiger partial charge in [-0.2, -0.15) is 0 Å². The summed E-state index contributed by atoms with van der Waals surface area (Å²) in [6, 6.07) is 17.3. The predicted octanol–water partition coefficient (Wildman–Crippen LogP) is 1.67. The monoisotopic (exact) mass is 492 g/mol. The third-order valence-corrected chi connectivity index (χ3v) is 5.39. The van der Waals surface area contributed by atoms with E-state index in [1.165, 1.54) is 6.08 Å². The molecule has 2 aromatic carbocycles. The van der Waals surface area contributed by atoms with Crippen LogP contribution in [0.5, 0.6) is 0 Å². The number of aliphatic imine (C=N–C) groups is 1. The van der Waals surface area contributed by atoms with Gasteiger partial charge in [0.15, 0.2) is 5.96 Å². The smallest absolute Gasteiger partial charge is 0.245 e. The molecule has 2 rings (SSSR count). The number of carbonyl (C=O) groups is 3. The number of guanidine groups is 1. The second-order valence-corrected chi connectivity index (χ2v) is 8.89. The van der Waals surface area contributed by atoms with E-state index in [0.717, 1.165) is 11.1 Å². The summed E-state index contributed by atoms with van der Waals surface area (Å²) < 4.78 is 0. The minimum absolute atomic E-state index is 0.0518. The van der Waals surface area contributed by atoms with E-state index in [-0.39, 0.29) is 18.3 Å². The van der Waals surface area contributed by atoms with E-state index in [0.29, 0.717) is 25.0 Å². The summed E-state index contributed by atoms with van der Waals surface area (Å²) in [6.07, 6.45) is 2.57. The maximum Gasteiger partial charge on any atom is 0.245 e. The van der Waals surface area contributed by atoms with Crippen LogP contribution in [-0.2, 0) is 14.4 Å². The van der Waals surface area contributed by atoms with Crippen molar-refractivity contribution in [3.8, 4) is 0 Å². The Balaban J connectivity index is 2.28. The molecule has 0 fully saturated rings. The molecule has 0 aromatic heterocycles. The summed E-state index contributed by atoms with van der Waals surface area (Å²) in [6.45, 7) is 4.15. The topological polar surface area (TPSA) is 166 Å². The van der Waals surface area contributed by atoms with E-state index in [1.54, 1.807) is 0 Å². The van der Waals surface area contributed by atoms with Gasteiger partial charge >= 0.3 is 0 Å². The lowest BCUT2D eigenvalue weighted by Gasteiger charge is -2.22. The van der Waals surface area contributed by atoms with Crippen LogP contribution >= 0.6 is 0 Å². The molecule has 36 heavy (non-hydrogen) atoms. The largest absolute Gasteiger partial charge is 0.370 e. The van der Waals surface area contributed by atoms with Crippen molar-refractivity contribution in [2.75, 3.05) is 6.54 Å². The third-order valence-electron chi connectivity index (χ3n) is 5.39. The first-order valence-electron chi connectivity index (χ1n) is 12.0. The number of nitrogens with zero attached hydrogens (tertiary/aromatic N) is 1. The molecule has 9 nitrogen and oxygen atoms in total. The minimum atomic E-state index is -0.912. The Bertz CT molecular complexity index is 1020. The summed E-state index contributed by atoms with van der Waals surface area (Å²) >= 11 is 0. The Kier molecular flexibility index (Phi) is 11.2. The maximum absolute atomic E-state index is 13.1. The molecule has 192 valence electrons. The van der Waals surface area contributed by atoms with Crippen molar-refractivity contribution < 1.29 is 14.4 Å². The molecule has 0 saturated carbocycles. The number of nitrogens with one attached hydrogen (secondary N) is 2. The lowest BCUT2D eigenvalue weighted by molar-refractivity contribution is -0.130. The number of hydrogen-bond donors (Lipinski definition) is 5. The van der Waals surface area contributed by atoms with Gasteiger partial charge in [-0.3, -0.25) is 19.4 Å². The molecule has 0 aliphatic heterocycles. The standard InChI is InChI=1S/C27H36N6O3/c1-18(2)16-23(25(28)35)33-26(36)22(14-9-15-31-27(29)30)32-24(34)17-21(19-10-5-3-6-11-19)20-12-7-4-8-13-20/h3-8,10-13,17-18,22-23H,9,14-16H2,1-2H3,(H2,28,35)(H,32,34)(H,33,36)(H4,29,30,31)/t22-,23+/m1/s1. The Hall–Kier alpha value is -4.14. The first kappa shape index (κ1) is 28.1. The maximum atomic E-state index is 13.1. The van der Waals surface area contributed by atoms with Gasteiger partial charge in [0.25, 0.3) is 0 Å². The number of primary amides is 1. The number of amides is 3. The molecule has 0 heterocycles. The fraction of sp³-hybridized carbons (Fsp3) is 0.333. The average molecular weight is 493 g/mol. The first-order chi connectivity index (χ1) is 17.2. The highest BCUT2D eigenvalue weighted by molar-refractivity contribution is 6.01. The molecule has 2 atom stereocenters. The van der Waals surface area contributed by atoms with Crippen molar-refractivity contribution in [2.24, 2.45) is 28.1 Å². The molecule has 0 aliphatic carbocycles. The molecule has 0 unspecified atom stereocenters. The second-order valence-electron chi connectivity index (χ2n) is 8.89. The molecule has 0 saturated heterocycles. The van der Waals surface area contributed by atoms with Gasteiger partial charge in [0.2, 0.25) is 17.7 Å². The van der Waals surface area contributed by atoms with Crippen molar-refractivity contribution in [3.63, 3.8) is 0 Å². The van der Waals surface area contributed by atoms with Crippen molar-refractivity contribution >= 4 is 29.3 Å². The van der Waals surface area contributed by atoms with Crippen LogP contribution < -0.4 is 27.8 Å². The number of benzene rings is 2. The molecular weight excluding hydrogens is 456 g/mol. The highest BCUT2D eigenvalue weighted by atomic mass is 16.2. The van der Waals surface area contributed by atoms with Crippen LogP contribution in [0, 0.1) is 5.92 Å². The fourth-order valence-electron chi connectivity index (χ4n) is 3.68. The summed E-state index contributed by atoms with van der Waals surface area (Å²) in [5.74, 6) is -1.48. The summed E-state index contributed by atoms with van der Waals surface area (Å²) in [5.41, 5.74) is 18.7. The minimum Gasteiger partial charge on any atom is -0.370 e. The summed E-state index contributed by atoms with van der Waals surface area (Å²) in [4.78, 5) is 42.0. The van der Waals surface area contributed by atoms with E-state index < -0.39 is 29.8 Å². The average Bonchev–Trinajstić information content (AvgIpc) is 2.84. The van der Waals surface area contributed by atoms with E-state index in [2.05, 4.69) is 15.6 Å². The van der Waals surface area contributed by atoms with Gasteiger partial charge in [-0.1, -0.05) is 74.5 Å². The molecule has 3 amide bonds. The molecular formula is C27H36N6O3. The van der Waals surface area contributed by atoms with Crippen LogP contribution in [0.15, 0.2) is 71.7 Å². The highest BCUT2D eigenvalue weighted by Gasteiger charge is 2.26. The summed E-state index contributed by atoms with van der Waals surface area (Å²) in [7, 11) is 0. The third kappa shape index (κ3) is 9.61.